The van der Waals surface area contributed by atoms with Crippen molar-refractivity contribution in [2.45, 2.75) is 32.4 Å². The largest absolute Gasteiger partial charge is 0.377 e. The van der Waals surface area contributed by atoms with E-state index >= 15 is 0 Å². The summed E-state index contributed by atoms with van der Waals surface area (Å²) in [6, 6.07) is 12.7. The summed E-state index contributed by atoms with van der Waals surface area (Å²) in [6.45, 7) is 4.11. The van der Waals surface area contributed by atoms with Crippen molar-refractivity contribution in [2.75, 3.05) is 18.4 Å². The van der Waals surface area contributed by atoms with E-state index in [1.54, 1.807) is 12.1 Å². The SMILES string of the molecule is CC(=O)c1ccc(NC2CCN(Cc3ccc(Cl)cc3)CC2)c([N+](=O)[O-])c1. The van der Waals surface area contributed by atoms with Gasteiger partial charge in [-0.25, -0.2) is 0 Å². The van der Waals surface area contributed by atoms with E-state index in [0.29, 0.717) is 11.3 Å². The van der Waals surface area contributed by atoms with Crippen molar-refractivity contribution in [3.05, 3.63) is 68.7 Å². The Morgan fingerprint density at radius 1 is 1.22 bits per heavy atom. The smallest absolute Gasteiger partial charge is 0.293 e. The first-order valence-corrected chi connectivity index (χ1v) is 9.33. The van der Waals surface area contributed by atoms with Gasteiger partial charge in [0.1, 0.15) is 5.69 Å². The van der Waals surface area contributed by atoms with Crippen LogP contribution in [0.1, 0.15) is 35.7 Å². The van der Waals surface area contributed by atoms with Crippen molar-refractivity contribution < 1.29 is 9.72 Å². The zero-order valence-corrected chi connectivity index (χ0v) is 15.9. The summed E-state index contributed by atoms with van der Waals surface area (Å²) < 4.78 is 0. The number of benzene rings is 2. The minimum atomic E-state index is -0.440. The number of nitrogens with one attached hydrogen (secondary N) is 1. The number of likely N-dealkylation sites (tertiary alicyclic amines) is 1. The van der Waals surface area contributed by atoms with Gasteiger partial charge in [0, 0.05) is 42.3 Å². The number of hydrogen-bond acceptors (Lipinski definition) is 5. The molecule has 0 unspecified atom stereocenters. The Labute approximate surface area is 163 Å². The van der Waals surface area contributed by atoms with Crippen molar-refractivity contribution in [1.82, 2.24) is 4.90 Å². The standard InChI is InChI=1S/C20H22ClN3O3/c1-14(25)16-4-7-19(20(12-16)24(26)27)22-18-8-10-23(11-9-18)13-15-2-5-17(21)6-3-15/h2-7,12,18,22H,8-11,13H2,1H3. The van der Waals surface area contributed by atoms with Gasteiger partial charge in [-0.15, -0.1) is 0 Å². The van der Waals surface area contributed by atoms with E-state index in [9.17, 15) is 14.9 Å². The molecule has 1 fully saturated rings. The number of carbonyl (C=O) groups excluding carboxylic acids is 1. The third kappa shape index (κ3) is 5.05. The van der Waals surface area contributed by atoms with Crippen LogP contribution in [0.2, 0.25) is 5.02 Å². The maximum absolute atomic E-state index is 11.5. The second-order valence-corrected chi connectivity index (χ2v) is 7.30. The minimum absolute atomic E-state index is 0.0497. The second kappa shape index (κ2) is 8.50. The summed E-state index contributed by atoms with van der Waals surface area (Å²) in [4.78, 5) is 24.8. The molecule has 142 valence electrons. The molecule has 0 radical (unpaired) electrons. The van der Waals surface area contributed by atoms with Crippen LogP contribution in [0, 0.1) is 10.1 Å². The lowest BCUT2D eigenvalue weighted by atomic mass is 10.0. The highest BCUT2D eigenvalue weighted by atomic mass is 35.5. The molecule has 3 rings (SSSR count). The zero-order chi connectivity index (χ0) is 19.4. The van der Waals surface area contributed by atoms with Crippen molar-refractivity contribution in [2.24, 2.45) is 0 Å². The first-order valence-electron chi connectivity index (χ1n) is 8.95. The number of Topliss-reactive ketones (excluding diaryl/α,β-unsaturated/α-hetero) is 1. The molecule has 0 aromatic heterocycles. The predicted octanol–water partition coefficient (Wildman–Crippen LogP) is 4.53. The molecular weight excluding hydrogens is 366 g/mol. The Balaban J connectivity index is 1.59. The van der Waals surface area contributed by atoms with Crippen LogP contribution < -0.4 is 5.32 Å². The highest BCUT2D eigenvalue weighted by molar-refractivity contribution is 6.30. The van der Waals surface area contributed by atoms with Crippen LogP contribution in [0.4, 0.5) is 11.4 Å². The lowest BCUT2D eigenvalue weighted by molar-refractivity contribution is -0.384. The fourth-order valence-corrected chi connectivity index (χ4v) is 3.45. The molecule has 0 atom stereocenters. The first kappa shape index (κ1) is 19.3. The molecule has 0 bridgehead atoms. The molecule has 0 amide bonds. The van der Waals surface area contributed by atoms with Gasteiger partial charge in [-0.05, 0) is 49.6 Å². The Morgan fingerprint density at radius 2 is 1.89 bits per heavy atom. The number of ketones is 1. The number of rotatable bonds is 6. The van der Waals surface area contributed by atoms with E-state index < -0.39 is 4.92 Å². The third-order valence-corrected chi connectivity index (χ3v) is 5.12. The Morgan fingerprint density at radius 3 is 2.48 bits per heavy atom. The van der Waals surface area contributed by atoms with Crippen molar-refractivity contribution in [3.8, 4) is 0 Å². The quantitative estimate of drug-likeness (QED) is 0.447. The molecular formula is C20H22ClN3O3. The topological polar surface area (TPSA) is 75.5 Å². The van der Waals surface area contributed by atoms with Crippen LogP contribution in [-0.4, -0.2) is 34.7 Å². The normalized spacial score (nSPS) is 15.5. The molecule has 7 heteroatoms. The van der Waals surface area contributed by atoms with Crippen molar-refractivity contribution in [3.63, 3.8) is 0 Å². The van der Waals surface area contributed by atoms with E-state index in [0.717, 1.165) is 37.5 Å². The summed E-state index contributed by atoms with van der Waals surface area (Å²) in [7, 11) is 0. The number of nitro groups is 1. The van der Waals surface area contributed by atoms with Gasteiger partial charge in [-0.3, -0.25) is 19.8 Å². The fourth-order valence-electron chi connectivity index (χ4n) is 3.33. The van der Waals surface area contributed by atoms with Crippen LogP contribution in [0.15, 0.2) is 42.5 Å². The summed E-state index contributed by atoms with van der Waals surface area (Å²) in [5.41, 5.74) is 2.00. The molecule has 27 heavy (non-hydrogen) atoms. The average Bonchev–Trinajstić information content (AvgIpc) is 2.65. The van der Waals surface area contributed by atoms with Gasteiger partial charge in [0.25, 0.3) is 5.69 Å². The van der Waals surface area contributed by atoms with Crippen LogP contribution in [0.3, 0.4) is 0 Å². The molecule has 1 aliphatic rings. The highest BCUT2D eigenvalue weighted by Crippen LogP contribution is 2.28. The van der Waals surface area contributed by atoms with Gasteiger partial charge in [-0.1, -0.05) is 23.7 Å². The van der Waals surface area contributed by atoms with Gasteiger partial charge in [0.15, 0.2) is 5.78 Å². The number of nitro benzene ring substituents is 1. The predicted molar refractivity (Wildman–Crippen MR) is 106 cm³/mol. The number of carbonyl (C=O) groups is 1. The molecule has 0 aliphatic carbocycles. The maximum Gasteiger partial charge on any atom is 0.293 e. The molecule has 2 aromatic rings. The maximum atomic E-state index is 11.5. The summed E-state index contributed by atoms with van der Waals surface area (Å²) in [5, 5.41) is 15.4. The number of anilines is 1. The van der Waals surface area contributed by atoms with E-state index in [4.69, 9.17) is 11.6 Å². The van der Waals surface area contributed by atoms with Gasteiger partial charge in [0.2, 0.25) is 0 Å². The summed E-state index contributed by atoms with van der Waals surface area (Å²) in [6.07, 6.45) is 1.80. The van der Waals surface area contributed by atoms with E-state index in [2.05, 4.69) is 10.2 Å². The molecule has 1 aliphatic heterocycles. The van der Waals surface area contributed by atoms with Crippen LogP contribution >= 0.6 is 11.6 Å². The molecule has 2 aromatic carbocycles. The Kier molecular flexibility index (Phi) is 6.08. The molecule has 1 heterocycles. The monoisotopic (exact) mass is 387 g/mol. The van der Waals surface area contributed by atoms with E-state index in [-0.39, 0.29) is 17.5 Å². The van der Waals surface area contributed by atoms with E-state index in [1.165, 1.54) is 18.6 Å². The van der Waals surface area contributed by atoms with Gasteiger partial charge >= 0.3 is 0 Å². The Bertz CT molecular complexity index is 831. The average molecular weight is 388 g/mol. The van der Waals surface area contributed by atoms with Crippen molar-refractivity contribution in [1.29, 1.82) is 0 Å². The lowest BCUT2D eigenvalue weighted by Crippen LogP contribution is -2.38. The van der Waals surface area contributed by atoms with Crippen LogP contribution in [0.5, 0.6) is 0 Å². The van der Waals surface area contributed by atoms with E-state index in [1.807, 2.05) is 24.3 Å². The molecule has 6 nitrogen and oxygen atoms in total. The summed E-state index contributed by atoms with van der Waals surface area (Å²) in [5.74, 6) is -0.180. The van der Waals surface area contributed by atoms with Crippen LogP contribution in [0.25, 0.3) is 0 Å². The summed E-state index contributed by atoms with van der Waals surface area (Å²) >= 11 is 5.92. The lowest BCUT2D eigenvalue weighted by Gasteiger charge is -2.32. The number of hydrogen-bond donors (Lipinski definition) is 1. The molecule has 0 spiro atoms. The first-order chi connectivity index (χ1) is 12.9. The fraction of sp³-hybridized carbons (Fsp3) is 0.350. The molecule has 1 saturated heterocycles. The minimum Gasteiger partial charge on any atom is -0.377 e. The van der Waals surface area contributed by atoms with Gasteiger partial charge in [-0.2, -0.15) is 0 Å². The van der Waals surface area contributed by atoms with Crippen molar-refractivity contribution >= 4 is 28.8 Å². The molecule has 0 saturated carbocycles. The number of nitrogens with zero attached hydrogens (tertiary/aromatic N) is 2. The number of halogens is 1. The number of piperidine rings is 1. The van der Waals surface area contributed by atoms with Gasteiger partial charge < -0.3 is 5.32 Å². The van der Waals surface area contributed by atoms with Crippen LogP contribution in [-0.2, 0) is 6.54 Å². The Hall–Kier alpha value is -2.44. The second-order valence-electron chi connectivity index (χ2n) is 6.87. The molecule has 1 N–H and O–H groups in total. The third-order valence-electron chi connectivity index (χ3n) is 4.87. The zero-order valence-electron chi connectivity index (χ0n) is 15.2. The highest BCUT2D eigenvalue weighted by Gasteiger charge is 2.23. The van der Waals surface area contributed by atoms with Gasteiger partial charge in [0.05, 0.1) is 4.92 Å².